The number of hydrogen-bond donors (Lipinski definition) is 1. The molecule has 0 saturated carbocycles. The van der Waals surface area contributed by atoms with Crippen LogP contribution in [-0.2, 0) is 11.3 Å². The highest BCUT2D eigenvalue weighted by molar-refractivity contribution is 5.21. The van der Waals surface area contributed by atoms with Gasteiger partial charge in [-0.2, -0.15) is 0 Å². The number of aryl methyl sites for hydroxylation is 1. The molecule has 0 bridgehead atoms. The fraction of sp³-hybridized carbons (Fsp3) is 0.688. The van der Waals surface area contributed by atoms with Crippen LogP contribution < -0.4 is 5.32 Å². The number of nitrogens with one attached hydrogen (secondary N) is 1. The van der Waals surface area contributed by atoms with E-state index < -0.39 is 0 Å². The van der Waals surface area contributed by atoms with Crippen molar-refractivity contribution in [3.8, 4) is 0 Å². The first-order valence-corrected chi connectivity index (χ1v) is 7.46. The summed E-state index contributed by atoms with van der Waals surface area (Å²) >= 11 is 0. The maximum absolute atomic E-state index is 6.02. The minimum absolute atomic E-state index is 0.0971. The molecule has 2 rings (SSSR count). The summed E-state index contributed by atoms with van der Waals surface area (Å²) in [4.78, 5) is 4.21. The van der Waals surface area contributed by atoms with Crippen LogP contribution in [0, 0.1) is 6.92 Å². The van der Waals surface area contributed by atoms with E-state index in [1.54, 1.807) is 0 Å². The zero-order valence-corrected chi connectivity index (χ0v) is 12.4. The van der Waals surface area contributed by atoms with Crippen LogP contribution in [0.2, 0.25) is 0 Å². The number of pyridine rings is 1. The molecule has 1 aliphatic rings. The summed E-state index contributed by atoms with van der Waals surface area (Å²) in [7, 11) is 0. The lowest BCUT2D eigenvalue weighted by molar-refractivity contribution is -0.0932. The van der Waals surface area contributed by atoms with Crippen LogP contribution >= 0.6 is 0 Å². The molecule has 0 aromatic carbocycles. The van der Waals surface area contributed by atoms with Gasteiger partial charge in [0.1, 0.15) is 0 Å². The molecule has 0 aliphatic carbocycles. The Bertz CT molecular complexity index is 401. The summed E-state index contributed by atoms with van der Waals surface area (Å²) in [5.41, 5.74) is 2.71. The molecule has 3 heteroatoms. The van der Waals surface area contributed by atoms with E-state index in [0.29, 0.717) is 6.04 Å². The molecule has 0 spiro atoms. The normalized spacial score (nSPS) is 22.4. The van der Waals surface area contributed by atoms with E-state index >= 15 is 0 Å². The molecular formula is C16H26N2O. The molecule has 1 atom stereocenters. The average Bonchev–Trinajstić information content (AvgIpc) is 2.46. The summed E-state index contributed by atoms with van der Waals surface area (Å²) in [6.07, 6.45) is 8.27. The second-order valence-corrected chi connectivity index (χ2v) is 5.61. The third-order valence-corrected chi connectivity index (χ3v) is 4.51. The fourth-order valence-corrected chi connectivity index (χ4v) is 2.88. The standard InChI is InChI=1S/C16H26N2O/c1-4-16(5-2)10-15(7-9-19-16)18-12-14-11-17-8-6-13(14)3/h6,8,11,15,18H,4-5,7,9-10,12H2,1-3H3. The van der Waals surface area contributed by atoms with Gasteiger partial charge < -0.3 is 10.1 Å². The Morgan fingerprint density at radius 2 is 2.21 bits per heavy atom. The van der Waals surface area contributed by atoms with Crippen molar-refractivity contribution >= 4 is 0 Å². The van der Waals surface area contributed by atoms with Crippen molar-refractivity contribution in [3.63, 3.8) is 0 Å². The zero-order chi connectivity index (χ0) is 13.7. The summed E-state index contributed by atoms with van der Waals surface area (Å²) in [6, 6.07) is 2.64. The summed E-state index contributed by atoms with van der Waals surface area (Å²) in [5, 5.41) is 3.68. The molecule has 0 radical (unpaired) electrons. The molecule has 1 saturated heterocycles. The van der Waals surface area contributed by atoms with Crippen molar-refractivity contribution in [1.82, 2.24) is 10.3 Å². The monoisotopic (exact) mass is 262 g/mol. The second-order valence-electron chi connectivity index (χ2n) is 5.61. The van der Waals surface area contributed by atoms with Crippen molar-refractivity contribution < 1.29 is 4.74 Å². The van der Waals surface area contributed by atoms with Crippen LogP contribution in [0.1, 0.15) is 50.7 Å². The van der Waals surface area contributed by atoms with Gasteiger partial charge in [-0.15, -0.1) is 0 Å². The largest absolute Gasteiger partial charge is 0.375 e. The van der Waals surface area contributed by atoms with Crippen LogP contribution in [0.15, 0.2) is 18.5 Å². The highest BCUT2D eigenvalue weighted by atomic mass is 16.5. The number of hydrogen-bond acceptors (Lipinski definition) is 3. The lowest BCUT2D eigenvalue weighted by Gasteiger charge is -2.40. The molecule has 1 aromatic heterocycles. The van der Waals surface area contributed by atoms with Crippen LogP contribution in [0.3, 0.4) is 0 Å². The van der Waals surface area contributed by atoms with E-state index in [1.807, 2.05) is 12.4 Å². The lowest BCUT2D eigenvalue weighted by Crippen LogP contribution is -2.46. The summed E-state index contributed by atoms with van der Waals surface area (Å²) in [6.45, 7) is 8.40. The fourth-order valence-electron chi connectivity index (χ4n) is 2.88. The van der Waals surface area contributed by atoms with Gasteiger partial charge in [-0.25, -0.2) is 0 Å². The van der Waals surface area contributed by atoms with Crippen molar-refractivity contribution in [2.75, 3.05) is 6.61 Å². The quantitative estimate of drug-likeness (QED) is 0.884. The maximum Gasteiger partial charge on any atom is 0.0692 e. The molecule has 3 nitrogen and oxygen atoms in total. The number of rotatable bonds is 5. The highest BCUT2D eigenvalue weighted by Gasteiger charge is 2.34. The number of nitrogens with zero attached hydrogens (tertiary/aromatic N) is 1. The average molecular weight is 262 g/mol. The van der Waals surface area contributed by atoms with E-state index in [9.17, 15) is 0 Å². The molecule has 1 aromatic rings. The Balaban J connectivity index is 1.91. The van der Waals surface area contributed by atoms with Crippen molar-refractivity contribution in [2.45, 2.75) is 64.6 Å². The predicted octanol–water partition coefficient (Wildman–Crippen LogP) is 3.22. The molecule has 1 fully saturated rings. The van der Waals surface area contributed by atoms with Gasteiger partial charge in [-0.05, 0) is 49.8 Å². The maximum atomic E-state index is 6.02. The Morgan fingerprint density at radius 1 is 1.42 bits per heavy atom. The third-order valence-electron chi connectivity index (χ3n) is 4.51. The predicted molar refractivity (Wildman–Crippen MR) is 78.1 cm³/mol. The summed E-state index contributed by atoms with van der Waals surface area (Å²) < 4.78 is 6.02. The molecule has 0 amide bonds. The minimum Gasteiger partial charge on any atom is -0.375 e. The molecule has 1 unspecified atom stereocenters. The lowest BCUT2D eigenvalue weighted by atomic mass is 9.86. The van der Waals surface area contributed by atoms with Gasteiger partial charge in [0.25, 0.3) is 0 Å². The van der Waals surface area contributed by atoms with Gasteiger partial charge in [0.2, 0.25) is 0 Å². The van der Waals surface area contributed by atoms with Gasteiger partial charge in [0.05, 0.1) is 5.60 Å². The van der Waals surface area contributed by atoms with Gasteiger partial charge in [0, 0.05) is 31.6 Å². The highest BCUT2D eigenvalue weighted by Crippen LogP contribution is 2.31. The third kappa shape index (κ3) is 3.54. The SMILES string of the molecule is CCC1(CC)CC(NCc2cnccc2C)CCO1. The minimum atomic E-state index is 0.0971. The van der Waals surface area contributed by atoms with Crippen molar-refractivity contribution in [3.05, 3.63) is 29.6 Å². The molecule has 2 heterocycles. The van der Waals surface area contributed by atoms with Crippen molar-refractivity contribution in [1.29, 1.82) is 0 Å². The molecule has 1 aliphatic heterocycles. The van der Waals surface area contributed by atoms with Crippen LogP contribution in [0.25, 0.3) is 0 Å². The molecular weight excluding hydrogens is 236 g/mol. The van der Waals surface area contributed by atoms with Crippen LogP contribution in [0.4, 0.5) is 0 Å². The number of aromatic nitrogens is 1. The second kappa shape index (κ2) is 6.49. The number of ether oxygens (including phenoxy) is 1. The Kier molecular flexibility index (Phi) is 4.94. The molecule has 1 N–H and O–H groups in total. The van der Waals surface area contributed by atoms with Gasteiger partial charge in [-0.1, -0.05) is 13.8 Å². The zero-order valence-electron chi connectivity index (χ0n) is 12.4. The Hall–Kier alpha value is -0.930. The molecule has 19 heavy (non-hydrogen) atoms. The molecule has 106 valence electrons. The van der Waals surface area contributed by atoms with Crippen LogP contribution in [-0.4, -0.2) is 23.2 Å². The van der Waals surface area contributed by atoms with Gasteiger partial charge in [-0.3, -0.25) is 4.98 Å². The van der Waals surface area contributed by atoms with Crippen molar-refractivity contribution in [2.24, 2.45) is 0 Å². The first kappa shape index (κ1) is 14.5. The first-order chi connectivity index (χ1) is 9.19. The van der Waals surface area contributed by atoms with Gasteiger partial charge in [0.15, 0.2) is 0 Å². The van der Waals surface area contributed by atoms with Gasteiger partial charge >= 0.3 is 0 Å². The van der Waals surface area contributed by atoms with E-state index in [0.717, 1.165) is 38.8 Å². The van der Waals surface area contributed by atoms with Crippen LogP contribution in [0.5, 0.6) is 0 Å². The summed E-state index contributed by atoms with van der Waals surface area (Å²) in [5.74, 6) is 0. The van der Waals surface area contributed by atoms with E-state index in [2.05, 4.69) is 37.1 Å². The van der Waals surface area contributed by atoms with E-state index in [1.165, 1.54) is 11.1 Å². The van der Waals surface area contributed by atoms with E-state index in [-0.39, 0.29) is 5.60 Å². The first-order valence-electron chi connectivity index (χ1n) is 7.46. The topological polar surface area (TPSA) is 34.2 Å². The Morgan fingerprint density at radius 3 is 2.89 bits per heavy atom. The van der Waals surface area contributed by atoms with E-state index in [4.69, 9.17) is 4.74 Å². The smallest absolute Gasteiger partial charge is 0.0692 e. The Labute approximate surface area is 116 Å².